The highest BCUT2D eigenvalue weighted by Crippen LogP contribution is 2.28. The predicted octanol–water partition coefficient (Wildman–Crippen LogP) is 5.17. The van der Waals surface area contributed by atoms with Crippen molar-refractivity contribution >= 4 is 49.2 Å². The summed E-state index contributed by atoms with van der Waals surface area (Å²) in [5.74, 6) is 1.71. The second kappa shape index (κ2) is 6.91. The van der Waals surface area contributed by atoms with E-state index in [1.54, 1.807) is 0 Å². The molecule has 0 unspecified atom stereocenters. The minimum Gasteiger partial charge on any atom is -0.370 e. The molecule has 0 aliphatic heterocycles. The Morgan fingerprint density at radius 1 is 1.11 bits per heavy atom. The quantitative estimate of drug-likeness (QED) is 0.746. The molecule has 1 aromatic carbocycles. The first-order valence-corrected chi connectivity index (χ1v) is 7.70. The molecule has 3 nitrogen and oxygen atoms in total. The van der Waals surface area contributed by atoms with Crippen LogP contribution in [0.3, 0.4) is 0 Å². The fraction of sp³-hybridized carbons (Fsp3) is 0.214. The number of halogens is 2. The van der Waals surface area contributed by atoms with E-state index < -0.39 is 0 Å². The van der Waals surface area contributed by atoms with Crippen molar-refractivity contribution in [2.75, 3.05) is 17.2 Å². The topological polar surface area (TPSA) is 37.0 Å². The molecule has 2 rings (SSSR count). The van der Waals surface area contributed by atoms with Gasteiger partial charge < -0.3 is 10.6 Å². The Bertz CT molecular complexity index is 558. The Labute approximate surface area is 130 Å². The van der Waals surface area contributed by atoms with Crippen molar-refractivity contribution in [1.82, 2.24) is 4.98 Å². The summed E-state index contributed by atoms with van der Waals surface area (Å²) in [6.45, 7) is 3.06. The van der Waals surface area contributed by atoms with E-state index in [0.717, 1.165) is 39.2 Å². The normalized spacial score (nSPS) is 10.3. The summed E-state index contributed by atoms with van der Waals surface area (Å²) in [6.07, 6.45) is 1.08. The predicted molar refractivity (Wildman–Crippen MR) is 88.1 cm³/mol. The molecule has 1 aromatic heterocycles. The summed E-state index contributed by atoms with van der Waals surface area (Å²) < 4.78 is 2.03. The molecule has 1 heterocycles. The largest absolute Gasteiger partial charge is 0.370 e. The number of rotatable bonds is 5. The van der Waals surface area contributed by atoms with Crippen molar-refractivity contribution in [3.8, 4) is 0 Å². The highest BCUT2D eigenvalue weighted by Gasteiger charge is 2.02. The van der Waals surface area contributed by atoms with Gasteiger partial charge in [-0.05, 0) is 52.7 Å². The molecule has 0 bridgehead atoms. The van der Waals surface area contributed by atoms with Crippen LogP contribution in [-0.2, 0) is 0 Å². The van der Waals surface area contributed by atoms with Crippen LogP contribution in [-0.4, -0.2) is 11.5 Å². The van der Waals surface area contributed by atoms with Crippen molar-refractivity contribution < 1.29 is 0 Å². The monoisotopic (exact) mass is 383 g/mol. The van der Waals surface area contributed by atoms with E-state index in [2.05, 4.69) is 54.4 Å². The van der Waals surface area contributed by atoms with E-state index in [-0.39, 0.29) is 0 Å². The highest BCUT2D eigenvalue weighted by molar-refractivity contribution is 9.11. The number of pyridine rings is 1. The van der Waals surface area contributed by atoms with E-state index in [4.69, 9.17) is 0 Å². The zero-order chi connectivity index (χ0) is 13.7. The molecule has 0 aliphatic rings. The van der Waals surface area contributed by atoms with Gasteiger partial charge in [-0.25, -0.2) is 4.98 Å². The van der Waals surface area contributed by atoms with Crippen LogP contribution in [0.4, 0.5) is 17.3 Å². The number of hydrogen-bond acceptors (Lipinski definition) is 3. The van der Waals surface area contributed by atoms with Crippen LogP contribution in [0, 0.1) is 0 Å². The number of benzene rings is 1. The molecule has 0 saturated heterocycles. The van der Waals surface area contributed by atoms with Crippen LogP contribution in [0.2, 0.25) is 0 Å². The van der Waals surface area contributed by atoms with Gasteiger partial charge in [0.05, 0.1) is 5.69 Å². The van der Waals surface area contributed by atoms with Gasteiger partial charge in [0.1, 0.15) is 11.6 Å². The van der Waals surface area contributed by atoms with Crippen LogP contribution in [0.25, 0.3) is 0 Å². The fourth-order valence-electron chi connectivity index (χ4n) is 1.58. The molecule has 2 aromatic rings. The summed E-state index contributed by atoms with van der Waals surface area (Å²) in [4.78, 5) is 4.51. The lowest BCUT2D eigenvalue weighted by Crippen LogP contribution is -2.03. The van der Waals surface area contributed by atoms with Crippen molar-refractivity contribution in [1.29, 1.82) is 0 Å². The summed E-state index contributed by atoms with van der Waals surface area (Å²) in [7, 11) is 0. The lowest BCUT2D eigenvalue weighted by atomic mass is 10.3. The number of nitrogens with one attached hydrogen (secondary N) is 2. The van der Waals surface area contributed by atoms with E-state index in [1.807, 2.05) is 36.4 Å². The number of hydrogen-bond donors (Lipinski definition) is 2. The average Bonchev–Trinajstić information content (AvgIpc) is 2.40. The molecule has 19 heavy (non-hydrogen) atoms. The number of aromatic nitrogens is 1. The van der Waals surface area contributed by atoms with Crippen molar-refractivity contribution in [2.24, 2.45) is 0 Å². The van der Waals surface area contributed by atoms with Gasteiger partial charge in [-0.2, -0.15) is 0 Å². The molecule has 100 valence electrons. The molecular formula is C14H15Br2N3. The van der Waals surface area contributed by atoms with Gasteiger partial charge in [0, 0.05) is 15.5 Å². The third-order valence-corrected chi connectivity index (χ3v) is 3.65. The maximum Gasteiger partial charge on any atom is 0.132 e. The standard InChI is InChI=1S/C14H15Br2N3/c1-2-8-17-13-4-3-5-14(19-13)18-12-7-6-10(15)9-11(12)16/h3-7,9H,2,8H2,1H3,(H2,17,18,19). The Morgan fingerprint density at radius 2 is 1.89 bits per heavy atom. The summed E-state index contributed by atoms with van der Waals surface area (Å²) >= 11 is 6.97. The maximum absolute atomic E-state index is 4.51. The second-order valence-electron chi connectivity index (χ2n) is 4.08. The molecule has 5 heteroatoms. The van der Waals surface area contributed by atoms with Crippen molar-refractivity contribution in [3.63, 3.8) is 0 Å². The lowest BCUT2D eigenvalue weighted by Gasteiger charge is -2.10. The van der Waals surface area contributed by atoms with Gasteiger partial charge >= 0.3 is 0 Å². The third kappa shape index (κ3) is 4.21. The molecule has 0 saturated carbocycles. The molecule has 0 radical (unpaired) electrons. The van der Waals surface area contributed by atoms with Gasteiger partial charge in [0.15, 0.2) is 0 Å². The Morgan fingerprint density at radius 3 is 2.63 bits per heavy atom. The lowest BCUT2D eigenvalue weighted by molar-refractivity contribution is 0.970. The summed E-state index contributed by atoms with van der Waals surface area (Å²) in [5, 5.41) is 6.57. The Kier molecular flexibility index (Phi) is 5.22. The zero-order valence-electron chi connectivity index (χ0n) is 10.6. The molecule has 0 aliphatic carbocycles. The Balaban J connectivity index is 2.14. The second-order valence-corrected chi connectivity index (χ2v) is 5.85. The van der Waals surface area contributed by atoms with E-state index in [9.17, 15) is 0 Å². The van der Waals surface area contributed by atoms with Crippen LogP contribution >= 0.6 is 31.9 Å². The minimum atomic E-state index is 0.823. The molecular weight excluding hydrogens is 370 g/mol. The third-order valence-electron chi connectivity index (χ3n) is 2.50. The van der Waals surface area contributed by atoms with Crippen molar-refractivity contribution in [3.05, 3.63) is 45.3 Å². The molecule has 0 fully saturated rings. The first-order chi connectivity index (χ1) is 9.19. The Hall–Kier alpha value is -1.07. The molecule has 2 N–H and O–H groups in total. The van der Waals surface area contributed by atoms with Crippen LogP contribution in [0.15, 0.2) is 45.3 Å². The summed E-state index contributed by atoms with van der Waals surface area (Å²) in [6, 6.07) is 11.9. The van der Waals surface area contributed by atoms with E-state index in [1.165, 1.54) is 0 Å². The van der Waals surface area contributed by atoms with Crippen LogP contribution in [0.5, 0.6) is 0 Å². The molecule has 0 amide bonds. The van der Waals surface area contributed by atoms with Gasteiger partial charge in [-0.1, -0.05) is 28.9 Å². The number of nitrogens with zero attached hydrogens (tertiary/aromatic N) is 1. The fourth-order valence-corrected chi connectivity index (χ4v) is 2.73. The zero-order valence-corrected chi connectivity index (χ0v) is 13.8. The maximum atomic E-state index is 4.51. The molecule has 0 spiro atoms. The van der Waals surface area contributed by atoms with E-state index >= 15 is 0 Å². The minimum absolute atomic E-state index is 0.823. The first-order valence-electron chi connectivity index (χ1n) is 6.12. The van der Waals surface area contributed by atoms with Crippen molar-refractivity contribution in [2.45, 2.75) is 13.3 Å². The summed E-state index contributed by atoms with van der Waals surface area (Å²) in [5.41, 5.74) is 0.989. The van der Waals surface area contributed by atoms with E-state index in [0.29, 0.717) is 0 Å². The van der Waals surface area contributed by atoms with Gasteiger partial charge in [-0.15, -0.1) is 0 Å². The SMILES string of the molecule is CCCNc1cccc(Nc2ccc(Br)cc2Br)n1. The average molecular weight is 385 g/mol. The van der Waals surface area contributed by atoms with Crippen LogP contribution in [0.1, 0.15) is 13.3 Å². The highest BCUT2D eigenvalue weighted by atomic mass is 79.9. The smallest absolute Gasteiger partial charge is 0.132 e. The first kappa shape index (κ1) is 14.3. The molecule has 0 atom stereocenters. The van der Waals surface area contributed by atoms with Gasteiger partial charge in [-0.3, -0.25) is 0 Å². The number of anilines is 3. The van der Waals surface area contributed by atoms with Gasteiger partial charge in [0.25, 0.3) is 0 Å². The van der Waals surface area contributed by atoms with Gasteiger partial charge in [0.2, 0.25) is 0 Å². The van der Waals surface area contributed by atoms with Crippen LogP contribution < -0.4 is 10.6 Å².